The largest absolute Gasteiger partial charge is 0.378 e. The number of amides is 1. The van der Waals surface area contributed by atoms with Crippen molar-refractivity contribution in [3.8, 4) is 11.4 Å². The summed E-state index contributed by atoms with van der Waals surface area (Å²) in [5.74, 6) is 1.33. The van der Waals surface area contributed by atoms with E-state index in [1.165, 1.54) is 0 Å². The lowest BCUT2D eigenvalue weighted by Crippen LogP contribution is -2.36. The van der Waals surface area contributed by atoms with Crippen molar-refractivity contribution in [3.63, 3.8) is 0 Å². The number of morpholine rings is 1. The van der Waals surface area contributed by atoms with Crippen molar-refractivity contribution in [2.45, 2.75) is 12.8 Å². The smallest absolute Gasteiger partial charge is 0.217 e. The van der Waals surface area contributed by atoms with E-state index in [9.17, 15) is 4.79 Å². The zero-order valence-corrected chi connectivity index (χ0v) is 17.7. The van der Waals surface area contributed by atoms with Gasteiger partial charge in [-0.15, -0.1) is 11.3 Å². The monoisotopic (exact) mass is 437 g/mol. The Kier molecular flexibility index (Phi) is 5.39. The molecule has 1 fully saturated rings. The molecule has 5 rings (SSSR count). The molecule has 31 heavy (non-hydrogen) atoms. The summed E-state index contributed by atoms with van der Waals surface area (Å²) in [4.78, 5) is 23.1. The quantitative estimate of drug-likeness (QED) is 0.380. The number of carbonyl (C=O) groups is 1. The molecule has 0 atom stereocenters. The van der Waals surface area contributed by atoms with E-state index in [1.54, 1.807) is 11.3 Å². The Morgan fingerprint density at radius 2 is 2.16 bits per heavy atom. The highest BCUT2D eigenvalue weighted by Crippen LogP contribution is 2.37. The molecule has 0 radical (unpaired) electrons. The molecule has 9 nitrogen and oxygen atoms in total. The maximum Gasteiger partial charge on any atom is 0.217 e. The number of rotatable bonds is 7. The van der Waals surface area contributed by atoms with Crippen molar-refractivity contribution in [3.05, 3.63) is 30.5 Å². The average molecular weight is 438 g/mol. The molecule has 1 aromatic carbocycles. The number of H-pyrrole nitrogens is 1. The molecule has 0 saturated carbocycles. The number of thiophene rings is 1. The van der Waals surface area contributed by atoms with Gasteiger partial charge in [0.05, 0.1) is 40.1 Å². The zero-order chi connectivity index (χ0) is 21.2. The average Bonchev–Trinajstić information content (AvgIpc) is 3.43. The number of carbonyl (C=O) groups excluding carboxylic acids is 1. The van der Waals surface area contributed by atoms with Crippen LogP contribution in [-0.2, 0) is 9.53 Å². The summed E-state index contributed by atoms with van der Waals surface area (Å²) in [6.07, 6.45) is 2.88. The third kappa shape index (κ3) is 4.04. The lowest BCUT2D eigenvalue weighted by molar-refractivity contribution is -0.118. The second kappa shape index (κ2) is 8.48. The van der Waals surface area contributed by atoms with E-state index in [0.29, 0.717) is 38.4 Å². The van der Waals surface area contributed by atoms with Crippen molar-refractivity contribution in [1.29, 1.82) is 0 Å². The molecule has 4 aromatic rings. The lowest BCUT2D eigenvalue weighted by atomic mass is 10.1. The van der Waals surface area contributed by atoms with Gasteiger partial charge in [0.25, 0.3) is 0 Å². The Morgan fingerprint density at radius 3 is 3.00 bits per heavy atom. The summed E-state index contributed by atoms with van der Waals surface area (Å²) >= 11 is 1.63. The number of primary amides is 1. The Morgan fingerprint density at radius 1 is 1.29 bits per heavy atom. The molecule has 1 saturated heterocycles. The van der Waals surface area contributed by atoms with E-state index in [4.69, 9.17) is 20.4 Å². The van der Waals surface area contributed by atoms with Gasteiger partial charge < -0.3 is 20.7 Å². The summed E-state index contributed by atoms with van der Waals surface area (Å²) in [5.41, 5.74) is 8.04. The normalized spacial score (nSPS) is 14.4. The molecule has 160 valence electrons. The van der Waals surface area contributed by atoms with Gasteiger partial charge in [-0.05, 0) is 18.6 Å². The number of ether oxygens (including phenoxy) is 1. The Balaban J connectivity index is 1.55. The maximum absolute atomic E-state index is 11.0. The number of nitrogens with one attached hydrogen (secondary N) is 2. The van der Waals surface area contributed by atoms with Gasteiger partial charge in [0, 0.05) is 37.0 Å². The van der Waals surface area contributed by atoms with Crippen LogP contribution in [0.3, 0.4) is 0 Å². The van der Waals surface area contributed by atoms with Gasteiger partial charge in [0.2, 0.25) is 5.91 Å². The first kappa shape index (κ1) is 19.7. The number of aromatic amines is 1. The molecule has 4 N–H and O–H groups in total. The Labute approximate surface area is 182 Å². The van der Waals surface area contributed by atoms with Crippen LogP contribution in [0.5, 0.6) is 0 Å². The second-order valence-electron chi connectivity index (χ2n) is 7.43. The molecule has 10 heteroatoms. The van der Waals surface area contributed by atoms with Crippen LogP contribution in [0.4, 0.5) is 10.8 Å². The van der Waals surface area contributed by atoms with Crippen LogP contribution >= 0.6 is 11.3 Å². The molecule has 1 aliphatic rings. The van der Waals surface area contributed by atoms with Gasteiger partial charge >= 0.3 is 0 Å². The third-order valence-electron chi connectivity index (χ3n) is 5.29. The molecule has 1 amide bonds. The highest BCUT2D eigenvalue weighted by Gasteiger charge is 2.21. The number of hydrogen-bond donors (Lipinski definition) is 3. The Hall–Kier alpha value is -3.24. The molecule has 0 spiro atoms. The molecular weight excluding hydrogens is 414 g/mol. The first-order valence-corrected chi connectivity index (χ1v) is 11.1. The molecule has 0 bridgehead atoms. The Bertz CT molecular complexity index is 1230. The SMILES string of the molecule is NC(=O)CCCNc1cc2nc(-c3cccc4[nH]ncc34)nc(N3CCOCC3)c2s1. The topological polar surface area (TPSA) is 122 Å². The van der Waals surface area contributed by atoms with Crippen molar-refractivity contribution in [2.75, 3.05) is 43.1 Å². The predicted octanol–water partition coefficient (Wildman–Crippen LogP) is 2.75. The molecule has 4 heterocycles. The maximum atomic E-state index is 11.0. The van der Waals surface area contributed by atoms with Gasteiger partial charge in [-0.25, -0.2) is 9.97 Å². The van der Waals surface area contributed by atoms with Crippen LogP contribution < -0.4 is 16.0 Å². The van der Waals surface area contributed by atoms with Crippen LogP contribution in [-0.4, -0.2) is 58.9 Å². The van der Waals surface area contributed by atoms with Crippen LogP contribution in [0.15, 0.2) is 30.5 Å². The number of nitrogens with zero attached hydrogens (tertiary/aromatic N) is 4. The molecule has 1 aliphatic heterocycles. The summed E-state index contributed by atoms with van der Waals surface area (Å²) < 4.78 is 6.59. The number of anilines is 2. The van der Waals surface area contributed by atoms with E-state index in [1.807, 2.05) is 24.4 Å². The number of benzene rings is 1. The fraction of sp³-hybridized carbons (Fsp3) is 0.333. The van der Waals surface area contributed by atoms with Gasteiger partial charge in [-0.3, -0.25) is 9.89 Å². The fourth-order valence-corrected chi connectivity index (χ4v) is 4.79. The number of nitrogens with two attached hydrogens (primary N) is 1. The van der Waals surface area contributed by atoms with E-state index in [0.717, 1.165) is 50.6 Å². The highest BCUT2D eigenvalue weighted by atomic mass is 32.1. The molecular formula is C21H23N7O2S. The summed E-state index contributed by atoms with van der Waals surface area (Å²) in [6.45, 7) is 3.63. The fourth-order valence-electron chi connectivity index (χ4n) is 3.75. The minimum atomic E-state index is -0.281. The predicted molar refractivity (Wildman–Crippen MR) is 122 cm³/mol. The van der Waals surface area contributed by atoms with Crippen molar-refractivity contribution in [2.24, 2.45) is 5.73 Å². The lowest BCUT2D eigenvalue weighted by Gasteiger charge is -2.28. The van der Waals surface area contributed by atoms with Crippen LogP contribution in [0.25, 0.3) is 32.5 Å². The van der Waals surface area contributed by atoms with Crippen LogP contribution in [0.2, 0.25) is 0 Å². The standard InChI is InChI=1S/C21H23N7O2S/c22-17(29)5-2-6-23-18-11-16-19(31-18)21(28-7-9-30-10-8-28)26-20(25-16)13-3-1-4-15-14(13)12-24-27-15/h1,3-4,11-12,23H,2,5-10H2,(H2,22,29)(H,24,27). The van der Waals surface area contributed by atoms with Crippen LogP contribution in [0, 0.1) is 0 Å². The third-order valence-corrected chi connectivity index (χ3v) is 6.37. The number of fused-ring (bicyclic) bond motifs is 2. The summed E-state index contributed by atoms with van der Waals surface area (Å²) in [7, 11) is 0. The number of aromatic nitrogens is 4. The minimum absolute atomic E-state index is 0.281. The number of hydrogen-bond acceptors (Lipinski definition) is 8. The molecule has 3 aromatic heterocycles. The van der Waals surface area contributed by atoms with Gasteiger partial charge in [0.15, 0.2) is 11.6 Å². The van der Waals surface area contributed by atoms with Crippen LogP contribution in [0.1, 0.15) is 12.8 Å². The summed E-state index contributed by atoms with van der Waals surface area (Å²) in [6, 6.07) is 8.05. The van der Waals surface area contributed by atoms with E-state index < -0.39 is 0 Å². The van der Waals surface area contributed by atoms with Crippen molar-refractivity contribution < 1.29 is 9.53 Å². The van der Waals surface area contributed by atoms with Gasteiger partial charge in [-0.1, -0.05) is 12.1 Å². The minimum Gasteiger partial charge on any atom is -0.378 e. The van der Waals surface area contributed by atoms with E-state index >= 15 is 0 Å². The van der Waals surface area contributed by atoms with E-state index in [-0.39, 0.29) is 5.91 Å². The molecule has 0 unspecified atom stereocenters. The second-order valence-corrected chi connectivity index (χ2v) is 8.48. The van der Waals surface area contributed by atoms with Gasteiger partial charge in [0.1, 0.15) is 0 Å². The van der Waals surface area contributed by atoms with Gasteiger partial charge in [-0.2, -0.15) is 5.10 Å². The highest BCUT2D eigenvalue weighted by molar-refractivity contribution is 7.23. The van der Waals surface area contributed by atoms with Crippen molar-refractivity contribution in [1.82, 2.24) is 20.2 Å². The first-order chi connectivity index (χ1) is 15.2. The zero-order valence-electron chi connectivity index (χ0n) is 16.9. The van der Waals surface area contributed by atoms with Crippen molar-refractivity contribution >= 4 is 49.2 Å². The molecule has 0 aliphatic carbocycles. The first-order valence-electron chi connectivity index (χ1n) is 10.3. The van der Waals surface area contributed by atoms with E-state index in [2.05, 4.69) is 26.5 Å². The summed E-state index contributed by atoms with van der Waals surface area (Å²) in [5, 5.41) is 12.6.